The lowest BCUT2D eigenvalue weighted by molar-refractivity contribution is 0.397. The average molecular weight is 261 g/mol. The highest BCUT2D eigenvalue weighted by atomic mass is 32.1. The van der Waals surface area contributed by atoms with Gasteiger partial charge in [-0.05, 0) is 30.9 Å². The number of aryl methyl sites for hydroxylation is 2. The number of anilines is 1. The molecule has 3 rings (SSSR count). The van der Waals surface area contributed by atoms with Crippen LogP contribution in [0.3, 0.4) is 0 Å². The van der Waals surface area contributed by atoms with E-state index in [0.717, 1.165) is 12.4 Å². The standard InChI is InChI=1S/C13H15N3OS/c1-17-13-6-12(15-8-16-13)14-7-10-5-9-3-2-4-11(9)18-10/h5-6,8H,2-4,7H2,1H3,(H,14,15,16). The van der Waals surface area contributed by atoms with E-state index in [9.17, 15) is 0 Å². The number of hydrogen-bond donors (Lipinski definition) is 1. The van der Waals surface area contributed by atoms with Gasteiger partial charge in [-0.25, -0.2) is 9.97 Å². The minimum absolute atomic E-state index is 0.584. The molecule has 5 heteroatoms. The van der Waals surface area contributed by atoms with Crippen molar-refractivity contribution in [2.24, 2.45) is 0 Å². The van der Waals surface area contributed by atoms with Gasteiger partial charge in [-0.2, -0.15) is 0 Å². The molecule has 4 nitrogen and oxygen atoms in total. The summed E-state index contributed by atoms with van der Waals surface area (Å²) in [6.45, 7) is 0.817. The molecule has 0 aromatic carbocycles. The van der Waals surface area contributed by atoms with Crippen LogP contribution in [0.25, 0.3) is 0 Å². The Hall–Kier alpha value is -1.62. The molecule has 94 valence electrons. The first-order valence-corrected chi connectivity index (χ1v) is 6.87. The minimum atomic E-state index is 0.584. The lowest BCUT2D eigenvalue weighted by atomic mass is 10.2. The second-order valence-electron chi connectivity index (χ2n) is 4.31. The van der Waals surface area contributed by atoms with E-state index in [1.165, 1.54) is 36.0 Å². The Balaban J connectivity index is 1.66. The van der Waals surface area contributed by atoms with Crippen molar-refractivity contribution < 1.29 is 4.74 Å². The van der Waals surface area contributed by atoms with Gasteiger partial charge in [-0.1, -0.05) is 0 Å². The van der Waals surface area contributed by atoms with Crippen LogP contribution in [0.15, 0.2) is 18.5 Å². The first-order chi connectivity index (χ1) is 8.85. The van der Waals surface area contributed by atoms with Crippen LogP contribution in [0.1, 0.15) is 21.7 Å². The summed E-state index contributed by atoms with van der Waals surface area (Å²) in [5.41, 5.74) is 1.54. The predicted molar refractivity (Wildman–Crippen MR) is 72.3 cm³/mol. The fraction of sp³-hybridized carbons (Fsp3) is 0.385. The number of thiophene rings is 1. The summed E-state index contributed by atoms with van der Waals surface area (Å²) in [5.74, 6) is 1.39. The van der Waals surface area contributed by atoms with Crippen LogP contribution in [0.5, 0.6) is 5.88 Å². The maximum atomic E-state index is 5.07. The predicted octanol–water partition coefficient (Wildman–Crippen LogP) is 2.65. The van der Waals surface area contributed by atoms with Gasteiger partial charge in [-0.15, -0.1) is 11.3 Å². The summed E-state index contributed by atoms with van der Waals surface area (Å²) < 4.78 is 5.07. The van der Waals surface area contributed by atoms with Crippen molar-refractivity contribution in [3.05, 3.63) is 33.8 Å². The van der Waals surface area contributed by atoms with E-state index in [0.29, 0.717) is 5.88 Å². The van der Waals surface area contributed by atoms with Gasteiger partial charge < -0.3 is 10.1 Å². The van der Waals surface area contributed by atoms with Crippen LogP contribution in [0.4, 0.5) is 5.82 Å². The van der Waals surface area contributed by atoms with E-state index in [1.807, 2.05) is 11.3 Å². The molecule has 0 spiro atoms. The van der Waals surface area contributed by atoms with Crippen LogP contribution < -0.4 is 10.1 Å². The van der Waals surface area contributed by atoms with Gasteiger partial charge in [0.2, 0.25) is 5.88 Å². The molecule has 0 aliphatic heterocycles. The van der Waals surface area contributed by atoms with Crippen molar-refractivity contribution >= 4 is 17.2 Å². The topological polar surface area (TPSA) is 47.0 Å². The number of nitrogens with one attached hydrogen (secondary N) is 1. The summed E-state index contributed by atoms with van der Waals surface area (Å²) in [6.07, 6.45) is 5.32. The second-order valence-corrected chi connectivity index (χ2v) is 5.54. The van der Waals surface area contributed by atoms with E-state index in [2.05, 4.69) is 21.4 Å². The van der Waals surface area contributed by atoms with Crippen LogP contribution >= 0.6 is 11.3 Å². The monoisotopic (exact) mass is 261 g/mol. The Morgan fingerprint density at radius 1 is 1.33 bits per heavy atom. The molecule has 0 saturated heterocycles. The van der Waals surface area contributed by atoms with E-state index < -0.39 is 0 Å². The number of methoxy groups -OCH3 is 1. The highest BCUT2D eigenvalue weighted by molar-refractivity contribution is 7.12. The Labute approximate surface area is 110 Å². The molecule has 0 radical (unpaired) electrons. The molecule has 0 amide bonds. The van der Waals surface area contributed by atoms with Crippen LogP contribution in [-0.4, -0.2) is 17.1 Å². The lowest BCUT2D eigenvalue weighted by Crippen LogP contribution is -2.01. The minimum Gasteiger partial charge on any atom is -0.481 e. The van der Waals surface area contributed by atoms with Crippen molar-refractivity contribution in [1.29, 1.82) is 0 Å². The maximum Gasteiger partial charge on any atom is 0.218 e. The summed E-state index contributed by atoms with van der Waals surface area (Å²) in [7, 11) is 1.61. The third-order valence-corrected chi connectivity index (χ3v) is 4.33. The molecule has 2 aromatic rings. The molecule has 1 aliphatic carbocycles. The number of fused-ring (bicyclic) bond motifs is 1. The molecule has 18 heavy (non-hydrogen) atoms. The number of ether oxygens (including phenoxy) is 1. The van der Waals surface area contributed by atoms with Crippen LogP contribution in [-0.2, 0) is 19.4 Å². The van der Waals surface area contributed by atoms with Gasteiger partial charge in [0.05, 0.1) is 13.7 Å². The fourth-order valence-electron chi connectivity index (χ4n) is 2.20. The van der Waals surface area contributed by atoms with E-state index >= 15 is 0 Å². The van der Waals surface area contributed by atoms with Gasteiger partial charge in [0.1, 0.15) is 12.1 Å². The first kappa shape index (κ1) is 11.5. The number of hydrogen-bond acceptors (Lipinski definition) is 5. The molecule has 2 heterocycles. The normalized spacial score (nSPS) is 13.4. The van der Waals surface area contributed by atoms with Crippen molar-refractivity contribution in [1.82, 2.24) is 9.97 Å². The van der Waals surface area contributed by atoms with E-state index in [-0.39, 0.29) is 0 Å². The fourth-order valence-corrected chi connectivity index (χ4v) is 3.40. The zero-order chi connectivity index (χ0) is 12.4. The third kappa shape index (κ3) is 2.31. The summed E-state index contributed by atoms with van der Waals surface area (Å²) >= 11 is 1.91. The molecule has 0 fully saturated rings. The molecule has 1 N–H and O–H groups in total. The van der Waals surface area contributed by atoms with Gasteiger partial charge in [-0.3, -0.25) is 0 Å². The Morgan fingerprint density at radius 2 is 2.28 bits per heavy atom. The van der Waals surface area contributed by atoms with Crippen molar-refractivity contribution in [2.75, 3.05) is 12.4 Å². The van der Waals surface area contributed by atoms with Crippen molar-refractivity contribution in [3.8, 4) is 5.88 Å². The second kappa shape index (κ2) is 4.94. The molecular weight excluding hydrogens is 246 g/mol. The average Bonchev–Trinajstić information content (AvgIpc) is 2.97. The van der Waals surface area contributed by atoms with Crippen molar-refractivity contribution in [3.63, 3.8) is 0 Å². The molecule has 0 atom stereocenters. The Bertz CT molecular complexity index is 531. The van der Waals surface area contributed by atoms with Crippen molar-refractivity contribution in [2.45, 2.75) is 25.8 Å². The molecule has 0 bridgehead atoms. The quantitative estimate of drug-likeness (QED) is 0.919. The summed E-state index contributed by atoms with van der Waals surface area (Å²) in [6, 6.07) is 4.12. The summed E-state index contributed by atoms with van der Waals surface area (Å²) in [4.78, 5) is 11.1. The van der Waals surface area contributed by atoms with Gasteiger partial charge in [0.25, 0.3) is 0 Å². The Kier molecular flexibility index (Phi) is 3.15. The molecule has 0 saturated carbocycles. The SMILES string of the molecule is COc1cc(NCc2cc3c(s2)CCC3)ncn1. The highest BCUT2D eigenvalue weighted by Crippen LogP contribution is 2.30. The van der Waals surface area contributed by atoms with Crippen LogP contribution in [0.2, 0.25) is 0 Å². The molecule has 1 aliphatic rings. The smallest absolute Gasteiger partial charge is 0.218 e. The molecular formula is C13H15N3OS. The van der Waals surface area contributed by atoms with Crippen LogP contribution in [0, 0.1) is 0 Å². The zero-order valence-corrected chi connectivity index (χ0v) is 11.1. The first-order valence-electron chi connectivity index (χ1n) is 6.05. The van der Waals surface area contributed by atoms with E-state index in [1.54, 1.807) is 18.1 Å². The largest absolute Gasteiger partial charge is 0.481 e. The number of aromatic nitrogens is 2. The number of rotatable bonds is 4. The zero-order valence-electron chi connectivity index (χ0n) is 10.3. The van der Waals surface area contributed by atoms with Gasteiger partial charge in [0.15, 0.2) is 0 Å². The third-order valence-electron chi connectivity index (χ3n) is 3.09. The van der Waals surface area contributed by atoms with Gasteiger partial charge in [0, 0.05) is 15.8 Å². The van der Waals surface area contributed by atoms with Gasteiger partial charge >= 0.3 is 0 Å². The molecule has 0 unspecified atom stereocenters. The maximum absolute atomic E-state index is 5.07. The highest BCUT2D eigenvalue weighted by Gasteiger charge is 2.14. The number of nitrogens with zero attached hydrogens (tertiary/aromatic N) is 2. The lowest BCUT2D eigenvalue weighted by Gasteiger charge is -2.04. The summed E-state index contributed by atoms with van der Waals surface area (Å²) in [5, 5.41) is 3.30. The van der Waals surface area contributed by atoms with E-state index in [4.69, 9.17) is 4.74 Å². The Morgan fingerprint density at radius 3 is 3.11 bits per heavy atom. The molecule has 2 aromatic heterocycles.